The molecule has 0 saturated carbocycles. The molecule has 0 saturated heterocycles. The second kappa shape index (κ2) is 10.9. The third kappa shape index (κ3) is 6.89. The number of hydrogen-bond acceptors (Lipinski definition) is 4. The van der Waals surface area contributed by atoms with Crippen molar-refractivity contribution in [1.29, 1.82) is 0 Å². The first-order chi connectivity index (χ1) is 16.2. The minimum Gasteiger partial charge on any atom is -0.383 e. The summed E-state index contributed by atoms with van der Waals surface area (Å²) < 4.78 is 20.2. The Balaban J connectivity index is 1.85. The Morgan fingerprint density at radius 2 is 1.76 bits per heavy atom. The summed E-state index contributed by atoms with van der Waals surface area (Å²) in [6, 6.07) is 15.0. The van der Waals surface area contributed by atoms with Gasteiger partial charge >= 0.3 is 6.03 Å². The first-order valence-electron chi connectivity index (χ1n) is 10.9. The maximum Gasteiger partial charge on any atom is 0.318 e. The molecular weight excluding hydrogens is 437 g/mol. The van der Waals surface area contributed by atoms with Crippen molar-refractivity contribution in [2.45, 2.75) is 26.3 Å². The highest BCUT2D eigenvalue weighted by molar-refractivity contribution is 5.93. The van der Waals surface area contributed by atoms with Crippen molar-refractivity contribution in [2.75, 3.05) is 32.1 Å². The number of anilines is 1. The molecule has 3 amide bonds. The van der Waals surface area contributed by atoms with Gasteiger partial charge in [0, 0.05) is 36.6 Å². The average molecular weight is 468 g/mol. The second-order valence-corrected chi connectivity index (χ2v) is 8.80. The molecule has 3 aromatic rings. The van der Waals surface area contributed by atoms with Crippen LogP contribution in [-0.4, -0.2) is 58.7 Å². The topological polar surface area (TPSA) is 88.5 Å². The molecule has 0 unspecified atom stereocenters. The molecule has 0 atom stereocenters. The molecule has 0 aliphatic rings. The number of aromatic nitrogens is 2. The Morgan fingerprint density at radius 1 is 1.09 bits per heavy atom. The predicted octanol–water partition coefficient (Wildman–Crippen LogP) is 4.07. The summed E-state index contributed by atoms with van der Waals surface area (Å²) in [5.74, 6) is -0.525. The first kappa shape index (κ1) is 24.9. The van der Waals surface area contributed by atoms with E-state index in [9.17, 15) is 14.0 Å². The molecule has 1 aromatic heterocycles. The summed E-state index contributed by atoms with van der Waals surface area (Å²) in [5, 5.41) is 5.66. The molecular formula is C25H30FN5O3. The van der Waals surface area contributed by atoms with Crippen LogP contribution in [0, 0.1) is 5.82 Å². The van der Waals surface area contributed by atoms with E-state index < -0.39 is 11.4 Å². The lowest BCUT2D eigenvalue weighted by Crippen LogP contribution is -2.51. The highest BCUT2D eigenvalue weighted by Crippen LogP contribution is 2.24. The van der Waals surface area contributed by atoms with Gasteiger partial charge in [-0.25, -0.2) is 14.2 Å². The van der Waals surface area contributed by atoms with Crippen LogP contribution in [0.4, 0.5) is 15.1 Å². The maximum atomic E-state index is 13.5. The van der Waals surface area contributed by atoms with Crippen LogP contribution < -0.4 is 10.6 Å². The van der Waals surface area contributed by atoms with Gasteiger partial charge in [0.1, 0.15) is 12.4 Å². The third-order valence-corrected chi connectivity index (χ3v) is 4.80. The number of nitrogens with zero attached hydrogens (tertiary/aromatic N) is 3. The predicted molar refractivity (Wildman–Crippen MR) is 129 cm³/mol. The number of carbonyl (C=O) groups excluding carboxylic acids is 2. The molecule has 0 aliphatic heterocycles. The van der Waals surface area contributed by atoms with Gasteiger partial charge in [-0.2, -0.15) is 0 Å². The maximum absolute atomic E-state index is 13.5. The van der Waals surface area contributed by atoms with Gasteiger partial charge in [-0.1, -0.05) is 30.3 Å². The summed E-state index contributed by atoms with van der Waals surface area (Å²) in [6.07, 6.45) is 1.77. The highest BCUT2D eigenvalue weighted by atomic mass is 19.1. The van der Waals surface area contributed by atoms with Gasteiger partial charge in [-0.05, 0) is 45.0 Å². The Morgan fingerprint density at radius 3 is 2.38 bits per heavy atom. The minimum absolute atomic E-state index is 0.192. The summed E-state index contributed by atoms with van der Waals surface area (Å²) in [5.41, 5.74) is 1.68. The van der Waals surface area contributed by atoms with Gasteiger partial charge in [-0.15, -0.1) is 0 Å². The Hall–Kier alpha value is -3.72. The Bertz CT molecular complexity index is 1110. The van der Waals surface area contributed by atoms with Crippen molar-refractivity contribution >= 4 is 17.9 Å². The summed E-state index contributed by atoms with van der Waals surface area (Å²) >= 11 is 0. The number of hydrogen-bond donors (Lipinski definition) is 2. The molecule has 9 heteroatoms. The zero-order valence-electron chi connectivity index (χ0n) is 19.8. The molecule has 0 bridgehead atoms. The van der Waals surface area contributed by atoms with Crippen molar-refractivity contribution < 1.29 is 18.7 Å². The normalized spacial score (nSPS) is 11.2. The number of benzene rings is 2. The van der Waals surface area contributed by atoms with Crippen LogP contribution in [0.2, 0.25) is 0 Å². The summed E-state index contributed by atoms with van der Waals surface area (Å²) in [4.78, 5) is 31.6. The smallest absolute Gasteiger partial charge is 0.318 e. The van der Waals surface area contributed by atoms with E-state index in [0.717, 1.165) is 5.56 Å². The van der Waals surface area contributed by atoms with E-state index in [1.54, 1.807) is 22.9 Å². The standard InChI is InChI=1S/C25H30FN5O3/c1-25(2,3)29-24(33)30(14-15-34-4)17-22(32)28-23-27-21(18-8-6-5-7-9-18)16-31(23)20-12-10-19(26)11-13-20/h5-13,16H,14-15,17H2,1-4H3,(H,29,33)(H,27,28,32). The molecule has 180 valence electrons. The molecule has 0 fully saturated rings. The van der Waals surface area contributed by atoms with Crippen molar-refractivity contribution in [2.24, 2.45) is 0 Å². The van der Waals surface area contributed by atoms with Crippen LogP contribution in [0.5, 0.6) is 0 Å². The molecule has 0 aliphatic carbocycles. The number of methoxy groups -OCH3 is 1. The third-order valence-electron chi connectivity index (χ3n) is 4.80. The summed E-state index contributed by atoms with van der Waals surface area (Å²) in [7, 11) is 1.53. The zero-order chi connectivity index (χ0) is 24.7. The molecule has 0 spiro atoms. The number of carbonyl (C=O) groups is 2. The van der Waals surface area contributed by atoms with E-state index in [0.29, 0.717) is 11.4 Å². The number of ether oxygens (including phenoxy) is 1. The van der Waals surface area contributed by atoms with E-state index in [1.165, 1.54) is 24.1 Å². The fraction of sp³-hybridized carbons (Fsp3) is 0.320. The molecule has 34 heavy (non-hydrogen) atoms. The van der Waals surface area contributed by atoms with Crippen molar-refractivity contribution in [1.82, 2.24) is 19.8 Å². The van der Waals surface area contributed by atoms with E-state index in [1.807, 2.05) is 51.1 Å². The lowest BCUT2D eigenvalue weighted by Gasteiger charge is -2.28. The van der Waals surface area contributed by atoms with Gasteiger partial charge in [-0.3, -0.25) is 14.7 Å². The fourth-order valence-electron chi connectivity index (χ4n) is 3.21. The number of imidazole rings is 1. The number of nitrogens with one attached hydrogen (secondary N) is 2. The number of halogens is 1. The second-order valence-electron chi connectivity index (χ2n) is 8.80. The van der Waals surface area contributed by atoms with Gasteiger partial charge in [0.05, 0.1) is 12.3 Å². The molecule has 3 rings (SSSR count). The monoisotopic (exact) mass is 467 g/mol. The molecule has 2 aromatic carbocycles. The van der Waals surface area contributed by atoms with Crippen LogP contribution in [0.3, 0.4) is 0 Å². The first-order valence-corrected chi connectivity index (χ1v) is 10.9. The number of amides is 3. The van der Waals surface area contributed by atoms with Crippen LogP contribution >= 0.6 is 0 Å². The van der Waals surface area contributed by atoms with E-state index in [-0.39, 0.29) is 37.5 Å². The van der Waals surface area contributed by atoms with Crippen LogP contribution in [-0.2, 0) is 9.53 Å². The quantitative estimate of drug-likeness (QED) is 0.523. The van der Waals surface area contributed by atoms with Crippen molar-refractivity contribution in [3.63, 3.8) is 0 Å². The Labute approximate surface area is 198 Å². The van der Waals surface area contributed by atoms with Gasteiger partial charge in [0.2, 0.25) is 11.9 Å². The van der Waals surface area contributed by atoms with Crippen molar-refractivity contribution in [3.05, 3.63) is 66.6 Å². The highest BCUT2D eigenvalue weighted by Gasteiger charge is 2.23. The SMILES string of the molecule is COCCN(CC(=O)Nc1nc(-c2ccccc2)cn1-c1ccc(F)cc1)C(=O)NC(C)(C)C. The largest absolute Gasteiger partial charge is 0.383 e. The molecule has 0 radical (unpaired) electrons. The molecule has 8 nitrogen and oxygen atoms in total. The molecule has 2 N–H and O–H groups in total. The van der Waals surface area contributed by atoms with Gasteiger partial charge in [0.15, 0.2) is 0 Å². The average Bonchev–Trinajstić information content (AvgIpc) is 3.20. The number of rotatable bonds is 8. The number of urea groups is 1. The fourth-order valence-corrected chi connectivity index (χ4v) is 3.21. The van der Waals surface area contributed by atoms with E-state index >= 15 is 0 Å². The zero-order valence-corrected chi connectivity index (χ0v) is 19.8. The van der Waals surface area contributed by atoms with Gasteiger partial charge < -0.3 is 15.0 Å². The molecule has 1 heterocycles. The van der Waals surface area contributed by atoms with Gasteiger partial charge in [0.25, 0.3) is 0 Å². The van der Waals surface area contributed by atoms with E-state index in [2.05, 4.69) is 15.6 Å². The van der Waals surface area contributed by atoms with Crippen LogP contribution in [0.15, 0.2) is 60.8 Å². The van der Waals surface area contributed by atoms with E-state index in [4.69, 9.17) is 4.74 Å². The van der Waals surface area contributed by atoms with Crippen LogP contribution in [0.25, 0.3) is 16.9 Å². The van der Waals surface area contributed by atoms with Crippen molar-refractivity contribution in [3.8, 4) is 16.9 Å². The lowest BCUT2D eigenvalue weighted by molar-refractivity contribution is -0.117. The minimum atomic E-state index is -0.456. The lowest BCUT2D eigenvalue weighted by atomic mass is 10.1. The van der Waals surface area contributed by atoms with Crippen LogP contribution in [0.1, 0.15) is 20.8 Å². The Kier molecular flexibility index (Phi) is 8.01. The summed E-state index contributed by atoms with van der Waals surface area (Å²) in [6.45, 7) is 5.93.